The van der Waals surface area contributed by atoms with Gasteiger partial charge in [-0.2, -0.15) is 0 Å². The number of esters is 1. The van der Waals surface area contributed by atoms with Crippen molar-refractivity contribution in [2.75, 3.05) is 44.2 Å². The lowest BCUT2D eigenvalue weighted by Crippen LogP contribution is -2.46. The van der Waals surface area contributed by atoms with E-state index in [9.17, 15) is 9.59 Å². The van der Waals surface area contributed by atoms with Gasteiger partial charge in [-0.05, 0) is 61.5 Å². The molecule has 3 aromatic rings. The van der Waals surface area contributed by atoms with E-state index in [4.69, 9.17) is 32.7 Å². The molecule has 0 amide bonds. The van der Waals surface area contributed by atoms with Crippen molar-refractivity contribution >= 4 is 45.8 Å². The smallest absolute Gasteiger partial charge is 0.307 e. The van der Waals surface area contributed by atoms with E-state index in [2.05, 4.69) is 16.7 Å². The number of halogens is 2. The van der Waals surface area contributed by atoms with Crippen molar-refractivity contribution < 1.29 is 14.3 Å². The number of piperazine rings is 1. The molecule has 0 unspecified atom stereocenters. The van der Waals surface area contributed by atoms with E-state index in [1.54, 1.807) is 6.07 Å². The van der Waals surface area contributed by atoms with Crippen LogP contribution >= 0.6 is 23.2 Å². The molecule has 7 nitrogen and oxygen atoms in total. The second-order valence-corrected chi connectivity index (χ2v) is 13.5. The second-order valence-electron chi connectivity index (χ2n) is 12.7. The summed E-state index contributed by atoms with van der Waals surface area (Å²) < 4.78 is 13.1. The van der Waals surface area contributed by atoms with E-state index in [1.165, 1.54) is 62.0 Å². The van der Waals surface area contributed by atoms with Crippen LogP contribution < -0.4 is 15.2 Å². The van der Waals surface area contributed by atoms with E-state index < -0.39 is 0 Å². The molecule has 47 heavy (non-hydrogen) atoms. The van der Waals surface area contributed by atoms with Gasteiger partial charge in [-0.3, -0.25) is 19.1 Å². The van der Waals surface area contributed by atoms with Crippen LogP contribution in [0.15, 0.2) is 53.3 Å². The summed E-state index contributed by atoms with van der Waals surface area (Å²) in [5.41, 5.74) is 1.51. The molecule has 258 valence electrons. The number of carbonyl (C=O) groups excluding carboxylic acids is 1. The fourth-order valence-corrected chi connectivity index (χ4v) is 6.62. The Morgan fingerprint density at radius 1 is 0.787 bits per heavy atom. The summed E-state index contributed by atoms with van der Waals surface area (Å²) in [5, 5.41) is 2.12. The largest absolute Gasteiger partial charge is 0.494 e. The van der Waals surface area contributed by atoms with Crippen LogP contribution in [0, 0.1) is 0 Å². The number of unbranched alkanes of at least 4 members (excludes halogenated alkanes) is 11. The van der Waals surface area contributed by atoms with Crippen molar-refractivity contribution in [1.29, 1.82) is 0 Å². The summed E-state index contributed by atoms with van der Waals surface area (Å²) in [7, 11) is 0. The number of nitrogens with zero attached hydrogens (tertiary/aromatic N) is 3. The second kappa shape index (κ2) is 20.6. The van der Waals surface area contributed by atoms with Crippen LogP contribution in [-0.4, -0.2) is 54.8 Å². The molecule has 0 radical (unpaired) electrons. The summed E-state index contributed by atoms with van der Waals surface area (Å²) in [6.45, 7) is 7.57. The number of hydrogen-bond acceptors (Lipinski definition) is 6. The van der Waals surface area contributed by atoms with Crippen LogP contribution in [0.25, 0.3) is 10.9 Å². The molecule has 9 heteroatoms. The predicted molar refractivity (Wildman–Crippen MR) is 195 cm³/mol. The Morgan fingerprint density at radius 3 is 2.19 bits per heavy atom. The Balaban J connectivity index is 1.12. The number of carbonyl (C=O) groups is 1. The van der Waals surface area contributed by atoms with Crippen LogP contribution in [-0.2, 0) is 16.3 Å². The molecule has 0 bridgehead atoms. The highest BCUT2D eigenvalue weighted by Crippen LogP contribution is 2.33. The molecule has 4 rings (SSSR count). The highest BCUT2D eigenvalue weighted by molar-refractivity contribution is 6.43. The van der Waals surface area contributed by atoms with Crippen molar-refractivity contribution in [3.63, 3.8) is 0 Å². The summed E-state index contributed by atoms with van der Waals surface area (Å²) in [5.74, 6) is 0.447. The van der Waals surface area contributed by atoms with Crippen LogP contribution in [0.1, 0.15) is 96.8 Å². The van der Waals surface area contributed by atoms with Crippen molar-refractivity contribution in [2.45, 2.75) is 104 Å². The van der Waals surface area contributed by atoms with Gasteiger partial charge in [0.1, 0.15) is 5.75 Å². The Labute approximate surface area is 291 Å². The Hall–Kier alpha value is -2.74. The lowest BCUT2D eigenvalue weighted by Gasteiger charge is -2.36. The minimum Gasteiger partial charge on any atom is -0.494 e. The third-order valence-corrected chi connectivity index (χ3v) is 9.89. The normalized spacial score (nSPS) is 13.7. The third kappa shape index (κ3) is 12.3. The molecule has 1 aliphatic heterocycles. The number of fused-ring (bicyclic) bond motifs is 1. The van der Waals surface area contributed by atoms with E-state index >= 15 is 0 Å². The van der Waals surface area contributed by atoms with E-state index in [0.29, 0.717) is 34.3 Å². The lowest BCUT2D eigenvalue weighted by molar-refractivity contribution is -0.147. The summed E-state index contributed by atoms with van der Waals surface area (Å²) in [6.07, 6.45) is 15.9. The number of rotatable bonds is 21. The first kappa shape index (κ1) is 37.1. The molecule has 1 fully saturated rings. The van der Waals surface area contributed by atoms with E-state index in [0.717, 1.165) is 75.9 Å². The average molecular weight is 687 g/mol. The molecule has 0 saturated carbocycles. The van der Waals surface area contributed by atoms with Gasteiger partial charge in [0.2, 0.25) is 0 Å². The van der Waals surface area contributed by atoms with Gasteiger partial charge in [-0.1, -0.05) is 100 Å². The summed E-state index contributed by atoms with van der Waals surface area (Å²) in [4.78, 5) is 29.9. The van der Waals surface area contributed by atoms with Crippen molar-refractivity contribution in [3.8, 4) is 5.75 Å². The first-order valence-corrected chi connectivity index (χ1v) is 18.5. The van der Waals surface area contributed by atoms with Crippen LogP contribution in [0.5, 0.6) is 5.75 Å². The first-order valence-electron chi connectivity index (χ1n) is 17.8. The third-order valence-electron chi connectivity index (χ3n) is 9.08. The van der Waals surface area contributed by atoms with Gasteiger partial charge < -0.3 is 14.4 Å². The number of anilines is 1. The Morgan fingerprint density at radius 2 is 1.47 bits per heavy atom. The molecule has 0 spiro atoms. The number of hydrogen-bond donors (Lipinski definition) is 0. The van der Waals surface area contributed by atoms with Crippen molar-refractivity contribution in [1.82, 2.24) is 9.47 Å². The minimum atomic E-state index is -0.257. The molecule has 1 aliphatic rings. The molecule has 2 aromatic carbocycles. The zero-order valence-electron chi connectivity index (χ0n) is 28.2. The van der Waals surface area contributed by atoms with Gasteiger partial charge in [-0.25, -0.2) is 0 Å². The first-order chi connectivity index (χ1) is 23.0. The number of ether oxygens (including phenoxy) is 2. The number of pyridine rings is 1. The van der Waals surface area contributed by atoms with Gasteiger partial charge in [-0.15, -0.1) is 0 Å². The predicted octanol–water partition coefficient (Wildman–Crippen LogP) is 9.49. The highest BCUT2D eigenvalue weighted by atomic mass is 35.5. The molecular weight excluding hydrogens is 633 g/mol. The van der Waals surface area contributed by atoms with E-state index in [-0.39, 0.29) is 18.3 Å². The number of benzene rings is 2. The molecule has 0 N–H and O–H groups in total. The molecule has 0 aliphatic carbocycles. The van der Waals surface area contributed by atoms with Gasteiger partial charge in [0.05, 0.1) is 27.9 Å². The van der Waals surface area contributed by atoms with Crippen LogP contribution in [0.4, 0.5) is 5.69 Å². The van der Waals surface area contributed by atoms with Crippen LogP contribution in [0.3, 0.4) is 0 Å². The van der Waals surface area contributed by atoms with E-state index in [1.807, 2.05) is 36.4 Å². The maximum Gasteiger partial charge on any atom is 0.307 e. The molecule has 1 aromatic heterocycles. The van der Waals surface area contributed by atoms with Crippen molar-refractivity contribution in [3.05, 3.63) is 68.9 Å². The lowest BCUT2D eigenvalue weighted by atomic mass is 10.1. The highest BCUT2D eigenvalue weighted by Gasteiger charge is 2.19. The maximum absolute atomic E-state index is 12.7. The Bertz CT molecular complexity index is 1440. The Kier molecular flexibility index (Phi) is 16.2. The average Bonchev–Trinajstić information content (AvgIpc) is 3.08. The van der Waals surface area contributed by atoms with Crippen LogP contribution in [0.2, 0.25) is 10.0 Å². The summed E-state index contributed by atoms with van der Waals surface area (Å²) in [6, 6.07) is 14.8. The van der Waals surface area contributed by atoms with Crippen molar-refractivity contribution in [2.24, 2.45) is 0 Å². The molecule has 1 saturated heterocycles. The molecule has 2 heterocycles. The SMILES string of the molecule is CCCCCCCCCCCCCC(=O)OCn1c(=O)ccc2ccc(OCCCCN3CCN(c4cccc(Cl)c4Cl)CC3)cc21. The fourth-order valence-electron chi connectivity index (χ4n) is 6.21. The van der Waals surface area contributed by atoms with Gasteiger partial charge in [0.15, 0.2) is 6.73 Å². The van der Waals surface area contributed by atoms with Gasteiger partial charge >= 0.3 is 5.97 Å². The zero-order valence-corrected chi connectivity index (χ0v) is 29.7. The molecular formula is C38H53Cl2N3O4. The van der Waals surface area contributed by atoms with Gasteiger partial charge in [0, 0.05) is 44.7 Å². The molecule has 0 atom stereocenters. The maximum atomic E-state index is 12.7. The minimum absolute atomic E-state index is 0.0900. The monoisotopic (exact) mass is 685 g/mol. The fraction of sp³-hybridized carbons (Fsp3) is 0.579. The topological polar surface area (TPSA) is 64.0 Å². The van der Waals surface area contributed by atoms with Gasteiger partial charge in [0.25, 0.3) is 5.56 Å². The summed E-state index contributed by atoms with van der Waals surface area (Å²) >= 11 is 12.6. The quantitative estimate of drug-likeness (QED) is 0.0822. The zero-order chi connectivity index (χ0) is 33.3. The standard InChI is InChI=1S/C38H53Cl2N3O4/c1-2-3-4-5-6-7-8-9-10-11-12-18-37(45)47-30-43-35-29-32(21-19-31(35)20-22-36(43)44)46-28-14-13-23-41-24-26-42(27-25-41)34-17-15-16-33(39)38(34)40/h15-17,19-22,29H,2-14,18,23-28,30H2,1H3. The number of aromatic nitrogens is 1.